The third-order valence-electron chi connectivity index (χ3n) is 3.50. The first-order valence-corrected chi connectivity index (χ1v) is 7.42. The van der Waals surface area contributed by atoms with Crippen molar-refractivity contribution in [3.05, 3.63) is 29.8 Å². The Balaban J connectivity index is 0.00000242. The monoisotopic (exact) mass is 325 g/mol. The predicted octanol–water partition coefficient (Wildman–Crippen LogP) is 2.24. The summed E-state index contributed by atoms with van der Waals surface area (Å²) in [4.78, 5) is 22.9. The van der Waals surface area contributed by atoms with Crippen LogP contribution < -0.4 is 16.0 Å². The maximum atomic E-state index is 11.8. The molecule has 2 amide bonds. The van der Waals surface area contributed by atoms with Gasteiger partial charge in [-0.25, -0.2) is 0 Å². The van der Waals surface area contributed by atoms with Gasteiger partial charge in [-0.05, 0) is 49.9 Å². The summed E-state index contributed by atoms with van der Waals surface area (Å²) in [5, 5.41) is 8.87. The number of amides is 2. The van der Waals surface area contributed by atoms with Gasteiger partial charge in [0.05, 0.1) is 12.6 Å². The Labute approximate surface area is 137 Å². The molecule has 122 valence electrons. The second kappa shape index (κ2) is 8.76. The lowest BCUT2D eigenvalue weighted by molar-refractivity contribution is -0.121. The van der Waals surface area contributed by atoms with E-state index in [2.05, 4.69) is 16.0 Å². The maximum absolute atomic E-state index is 11.8. The summed E-state index contributed by atoms with van der Waals surface area (Å²) in [5.41, 5.74) is 1.71. The van der Waals surface area contributed by atoms with Crippen LogP contribution in [-0.2, 0) is 9.59 Å². The number of rotatable bonds is 7. The molecule has 22 heavy (non-hydrogen) atoms. The molecule has 1 aliphatic carbocycles. The van der Waals surface area contributed by atoms with Gasteiger partial charge in [-0.15, -0.1) is 12.4 Å². The largest absolute Gasteiger partial charge is 0.348 e. The van der Waals surface area contributed by atoms with Crippen LogP contribution >= 0.6 is 12.4 Å². The molecule has 6 heteroatoms. The molecule has 1 aromatic rings. The second-order valence-corrected chi connectivity index (χ2v) is 5.67. The normalized spacial score (nSPS) is 14.6. The van der Waals surface area contributed by atoms with Crippen molar-refractivity contribution in [2.45, 2.75) is 32.7 Å². The average Bonchev–Trinajstić information content (AvgIpc) is 3.22. The van der Waals surface area contributed by atoms with E-state index < -0.39 is 0 Å². The molecule has 1 fully saturated rings. The number of halogens is 1. The molecule has 0 heterocycles. The van der Waals surface area contributed by atoms with E-state index in [1.54, 1.807) is 0 Å². The highest BCUT2D eigenvalue weighted by atomic mass is 35.5. The summed E-state index contributed by atoms with van der Waals surface area (Å²) < 4.78 is 0. The Kier molecular flexibility index (Phi) is 7.35. The van der Waals surface area contributed by atoms with Crippen molar-refractivity contribution in [2.75, 3.05) is 18.4 Å². The van der Waals surface area contributed by atoms with Crippen LogP contribution in [0.5, 0.6) is 0 Å². The highest BCUT2D eigenvalue weighted by Crippen LogP contribution is 2.27. The first-order chi connectivity index (χ1) is 10.0. The van der Waals surface area contributed by atoms with Gasteiger partial charge in [0, 0.05) is 12.6 Å². The SMILES string of the molecule is CC(=O)Nc1cccc(C(C)NC(=O)CNCC2CC2)c1.Cl. The molecule has 3 N–H and O–H groups in total. The third-order valence-corrected chi connectivity index (χ3v) is 3.50. The Hall–Kier alpha value is -1.59. The van der Waals surface area contributed by atoms with Crippen molar-refractivity contribution in [1.82, 2.24) is 10.6 Å². The molecule has 0 radical (unpaired) electrons. The van der Waals surface area contributed by atoms with Crippen LogP contribution in [-0.4, -0.2) is 24.9 Å². The van der Waals surface area contributed by atoms with E-state index in [0.29, 0.717) is 6.54 Å². The first-order valence-electron chi connectivity index (χ1n) is 7.42. The Morgan fingerprint density at radius 1 is 1.32 bits per heavy atom. The number of nitrogens with one attached hydrogen (secondary N) is 3. The molecular formula is C16H24ClN3O2. The Bertz CT molecular complexity index is 518. The lowest BCUT2D eigenvalue weighted by atomic mass is 10.1. The van der Waals surface area contributed by atoms with E-state index in [9.17, 15) is 9.59 Å². The second-order valence-electron chi connectivity index (χ2n) is 5.67. The van der Waals surface area contributed by atoms with Crippen LogP contribution in [0.15, 0.2) is 24.3 Å². The van der Waals surface area contributed by atoms with Crippen LogP contribution in [0, 0.1) is 5.92 Å². The number of carbonyl (C=O) groups is 2. The topological polar surface area (TPSA) is 70.2 Å². The third kappa shape index (κ3) is 6.45. The number of hydrogen-bond acceptors (Lipinski definition) is 3. The minimum absolute atomic E-state index is 0. The van der Waals surface area contributed by atoms with E-state index >= 15 is 0 Å². The van der Waals surface area contributed by atoms with Gasteiger partial charge in [0.1, 0.15) is 0 Å². The summed E-state index contributed by atoms with van der Waals surface area (Å²) >= 11 is 0. The summed E-state index contributed by atoms with van der Waals surface area (Å²) in [6, 6.07) is 7.43. The van der Waals surface area contributed by atoms with Crippen molar-refractivity contribution in [3.63, 3.8) is 0 Å². The van der Waals surface area contributed by atoms with E-state index in [0.717, 1.165) is 23.7 Å². The quantitative estimate of drug-likeness (QED) is 0.720. The molecule has 1 aliphatic rings. The Morgan fingerprint density at radius 2 is 2.05 bits per heavy atom. The fraction of sp³-hybridized carbons (Fsp3) is 0.500. The molecule has 5 nitrogen and oxygen atoms in total. The molecule has 0 aromatic heterocycles. The lowest BCUT2D eigenvalue weighted by Gasteiger charge is -2.16. The van der Waals surface area contributed by atoms with E-state index in [1.807, 2.05) is 31.2 Å². The fourth-order valence-corrected chi connectivity index (χ4v) is 2.18. The van der Waals surface area contributed by atoms with Crippen molar-refractivity contribution in [1.29, 1.82) is 0 Å². The van der Waals surface area contributed by atoms with Crippen LogP contribution in [0.3, 0.4) is 0 Å². The van der Waals surface area contributed by atoms with Gasteiger partial charge < -0.3 is 16.0 Å². The summed E-state index contributed by atoms with van der Waals surface area (Å²) in [6.07, 6.45) is 2.56. The number of hydrogen-bond donors (Lipinski definition) is 3. The van der Waals surface area contributed by atoms with Crippen LogP contribution in [0.4, 0.5) is 5.69 Å². The average molecular weight is 326 g/mol. The summed E-state index contributed by atoms with van der Waals surface area (Å²) in [5.74, 6) is 0.658. The zero-order valence-electron chi connectivity index (χ0n) is 13.0. The molecule has 1 atom stereocenters. The van der Waals surface area contributed by atoms with E-state index in [-0.39, 0.29) is 30.3 Å². The molecule has 0 spiro atoms. The number of anilines is 1. The number of carbonyl (C=O) groups excluding carboxylic acids is 2. The minimum Gasteiger partial charge on any atom is -0.348 e. The van der Waals surface area contributed by atoms with Crippen LogP contribution in [0.2, 0.25) is 0 Å². The molecular weight excluding hydrogens is 302 g/mol. The Morgan fingerprint density at radius 3 is 2.68 bits per heavy atom. The zero-order valence-corrected chi connectivity index (χ0v) is 13.8. The molecule has 0 bridgehead atoms. The van der Waals surface area contributed by atoms with Crippen LogP contribution in [0.1, 0.15) is 38.3 Å². The van der Waals surface area contributed by atoms with Crippen molar-refractivity contribution >= 4 is 29.9 Å². The molecule has 2 rings (SSSR count). The molecule has 1 aromatic carbocycles. The standard InChI is InChI=1S/C16H23N3O2.ClH/c1-11(18-16(21)10-17-9-13-6-7-13)14-4-3-5-15(8-14)19-12(2)20;/h3-5,8,11,13,17H,6-7,9-10H2,1-2H3,(H,18,21)(H,19,20);1H. The van der Waals surface area contributed by atoms with E-state index in [4.69, 9.17) is 0 Å². The van der Waals surface area contributed by atoms with Crippen LogP contribution in [0.25, 0.3) is 0 Å². The lowest BCUT2D eigenvalue weighted by Crippen LogP contribution is -2.36. The first kappa shape index (κ1) is 18.5. The van der Waals surface area contributed by atoms with E-state index in [1.165, 1.54) is 19.8 Å². The van der Waals surface area contributed by atoms with Gasteiger partial charge in [0.25, 0.3) is 0 Å². The van der Waals surface area contributed by atoms with Gasteiger partial charge in [0.15, 0.2) is 0 Å². The minimum atomic E-state index is -0.104. The van der Waals surface area contributed by atoms with Gasteiger partial charge in [-0.3, -0.25) is 9.59 Å². The molecule has 1 saturated carbocycles. The molecule has 0 saturated heterocycles. The van der Waals surface area contributed by atoms with Crippen molar-refractivity contribution in [2.24, 2.45) is 5.92 Å². The fourth-order valence-electron chi connectivity index (χ4n) is 2.18. The molecule has 0 aliphatic heterocycles. The number of benzene rings is 1. The van der Waals surface area contributed by atoms with Gasteiger partial charge in [-0.1, -0.05) is 12.1 Å². The van der Waals surface area contributed by atoms with Gasteiger partial charge >= 0.3 is 0 Å². The van der Waals surface area contributed by atoms with Gasteiger partial charge in [-0.2, -0.15) is 0 Å². The highest BCUT2D eigenvalue weighted by Gasteiger charge is 2.20. The zero-order chi connectivity index (χ0) is 15.2. The highest BCUT2D eigenvalue weighted by molar-refractivity contribution is 5.88. The predicted molar refractivity (Wildman–Crippen MR) is 90.1 cm³/mol. The maximum Gasteiger partial charge on any atom is 0.234 e. The van der Waals surface area contributed by atoms with Gasteiger partial charge in [0.2, 0.25) is 11.8 Å². The van der Waals surface area contributed by atoms with Crippen molar-refractivity contribution in [3.8, 4) is 0 Å². The smallest absolute Gasteiger partial charge is 0.234 e. The molecule has 1 unspecified atom stereocenters. The van der Waals surface area contributed by atoms with Crippen molar-refractivity contribution < 1.29 is 9.59 Å². The summed E-state index contributed by atoms with van der Waals surface area (Å²) in [6.45, 7) is 4.70. The summed E-state index contributed by atoms with van der Waals surface area (Å²) in [7, 11) is 0.